The summed E-state index contributed by atoms with van der Waals surface area (Å²) in [5.74, 6) is -0.0277. The second-order valence-corrected chi connectivity index (χ2v) is 5.16. The van der Waals surface area contributed by atoms with Crippen LogP contribution >= 0.6 is 11.8 Å². The van der Waals surface area contributed by atoms with Crippen LogP contribution in [0.3, 0.4) is 0 Å². The van der Waals surface area contributed by atoms with E-state index in [0.29, 0.717) is 25.0 Å². The topological polar surface area (TPSA) is 95.5 Å². The number of ketones is 1. The summed E-state index contributed by atoms with van der Waals surface area (Å²) in [6.45, 7) is 0. The third-order valence-corrected chi connectivity index (χ3v) is 3.97. The van der Waals surface area contributed by atoms with Gasteiger partial charge in [0.1, 0.15) is 12.1 Å². The highest BCUT2D eigenvalue weighted by Crippen LogP contribution is 2.28. The molecular weight excluding hydrogens is 244 g/mol. The zero-order valence-electron chi connectivity index (χ0n) is 9.51. The monoisotopic (exact) mass is 260 g/mol. The molecule has 1 aliphatic carbocycles. The highest BCUT2D eigenvalue weighted by molar-refractivity contribution is 8.00. The molecule has 3 atom stereocenters. The predicted octanol–water partition coefficient (Wildman–Crippen LogP) is -1.33. The molecular formula is C10H16N2O4S. The Bertz CT molecular complexity index is 311. The predicted molar refractivity (Wildman–Crippen MR) is 63.5 cm³/mol. The van der Waals surface area contributed by atoms with Crippen LogP contribution in [-0.4, -0.2) is 53.4 Å². The fraction of sp³-hybridized carbons (Fsp3) is 0.700. The fourth-order valence-electron chi connectivity index (χ4n) is 1.64. The lowest BCUT2D eigenvalue weighted by molar-refractivity contribution is -0.124. The molecule has 1 aliphatic rings. The molecule has 0 aromatic rings. The summed E-state index contributed by atoms with van der Waals surface area (Å²) in [5, 5.41) is 14.2. The van der Waals surface area contributed by atoms with E-state index in [4.69, 9.17) is 0 Å². The number of rotatable bonds is 6. The van der Waals surface area contributed by atoms with Crippen LogP contribution in [0, 0.1) is 0 Å². The van der Waals surface area contributed by atoms with Crippen molar-refractivity contribution >= 4 is 29.9 Å². The Labute approximate surface area is 104 Å². The molecule has 0 spiro atoms. The summed E-state index contributed by atoms with van der Waals surface area (Å²) in [7, 11) is 1.50. The van der Waals surface area contributed by atoms with Crippen LogP contribution in [0.1, 0.15) is 12.8 Å². The quantitative estimate of drug-likeness (QED) is 0.514. The molecule has 0 saturated heterocycles. The summed E-state index contributed by atoms with van der Waals surface area (Å²) in [6.07, 6.45) is 0.359. The molecule has 0 aliphatic heterocycles. The average Bonchev–Trinajstić information content (AvgIpc) is 2.63. The van der Waals surface area contributed by atoms with Crippen LogP contribution in [0.2, 0.25) is 0 Å². The maximum Gasteiger partial charge on any atom is 0.243 e. The molecule has 0 heterocycles. The van der Waals surface area contributed by atoms with Crippen molar-refractivity contribution in [2.45, 2.75) is 30.2 Å². The normalized spacial score (nSPS) is 25.4. The first kappa shape index (κ1) is 14.0. The number of Topliss-reactive ketones (excluding diaryl/α,β-unsaturated/α-hetero) is 1. The Balaban J connectivity index is 2.39. The number of aliphatic hydroxyl groups excluding tert-OH is 1. The molecule has 3 unspecified atom stereocenters. The van der Waals surface area contributed by atoms with Crippen molar-refractivity contribution in [3.63, 3.8) is 0 Å². The molecule has 17 heavy (non-hydrogen) atoms. The van der Waals surface area contributed by atoms with Gasteiger partial charge in [0.15, 0.2) is 5.78 Å². The largest absolute Gasteiger partial charge is 0.385 e. The Morgan fingerprint density at radius 1 is 1.71 bits per heavy atom. The first-order valence-electron chi connectivity index (χ1n) is 5.32. The van der Waals surface area contributed by atoms with Crippen molar-refractivity contribution in [2.75, 3.05) is 12.8 Å². The van der Waals surface area contributed by atoms with Crippen LogP contribution < -0.4 is 10.6 Å². The van der Waals surface area contributed by atoms with E-state index in [2.05, 4.69) is 10.6 Å². The Morgan fingerprint density at radius 2 is 2.41 bits per heavy atom. The van der Waals surface area contributed by atoms with Crippen molar-refractivity contribution in [2.24, 2.45) is 0 Å². The lowest BCUT2D eigenvalue weighted by atomic mass is 10.3. The van der Waals surface area contributed by atoms with Crippen LogP contribution in [0.5, 0.6) is 0 Å². The Morgan fingerprint density at radius 3 is 2.88 bits per heavy atom. The van der Waals surface area contributed by atoms with Crippen LogP contribution in [0.25, 0.3) is 0 Å². The van der Waals surface area contributed by atoms with Crippen molar-refractivity contribution < 1.29 is 19.5 Å². The number of amides is 2. The molecule has 6 nitrogen and oxygen atoms in total. The average molecular weight is 260 g/mol. The van der Waals surface area contributed by atoms with Crippen molar-refractivity contribution in [3.8, 4) is 0 Å². The molecule has 1 fully saturated rings. The lowest BCUT2D eigenvalue weighted by Gasteiger charge is -2.16. The second-order valence-electron chi connectivity index (χ2n) is 3.83. The van der Waals surface area contributed by atoms with Gasteiger partial charge in [-0.3, -0.25) is 14.4 Å². The SMILES string of the molecule is CNC(=O)C(CSC1CC(=O)C(O)C1)NC=O. The highest BCUT2D eigenvalue weighted by Gasteiger charge is 2.32. The Kier molecular flexibility index (Phi) is 5.43. The van der Waals surface area contributed by atoms with E-state index < -0.39 is 12.1 Å². The molecule has 0 aromatic carbocycles. The minimum absolute atomic E-state index is 0.0260. The number of likely N-dealkylation sites (N-methyl/N-ethyl adjacent to an activating group) is 1. The Hall–Kier alpha value is -1.08. The van der Waals surface area contributed by atoms with E-state index in [1.807, 2.05) is 0 Å². The van der Waals surface area contributed by atoms with Gasteiger partial charge in [0.2, 0.25) is 12.3 Å². The van der Waals surface area contributed by atoms with Crippen molar-refractivity contribution in [1.29, 1.82) is 0 Å². The zero-order valence-corrected chi connectivity index (χ0v) is 10.3. The smallest absolute Gasteiger partial charge is 0.243 e. The van der Waals surface area contributed by atoms with Gasteiger partial charge in [0, 0.05) is 24.5 Å². The number of carbonyl (C=O) groups is 3. The lowest BCUT2D eigenvalue weighted by Crippen LogP contribution is -2.44. The van der Waals surface area contributed by atoms with Gasteiger partial charge in [0.25, 0.3) is 0 Å². The first-order chi connectivity index (χ1) is 8.08. The third-order valence-electron chi connectivity index (χ3n) is 2.62. The van der Waals surface area contributed by atoms with E-state index in [-0.39, 0.29) is 16.9 Å². The van der Waals surface area contributed by atoms with Crippen LogP contribution in [0.4, 0.5) is 0 Å². The summed E-state index contributed by atoms with van der Waals surface area (Å²) in [4.78, 5) is 32.8. The van der Waals surface area contributed by atoms with Gasteiger partial charge in [-0.25, -0.2) is 0 Å². The molecule has 96 valence electrons. The number of nitrogens with one attached hydrogen (secondary N) is 2. The number of hydrogen-bond donors (Lipinski definition) is 3. The van der Waals surface area contributed by atoms with Gasteiger partial charge < -0.3 is 15.7 Å². The van der Waals surface area contributed by atoms with Gasteiger partial charge >= 0.3 is 0 Å². The molecule has 0 aromatic heterocycles. The van der Waals surface area contributed by atoms with Gasteiger partial charge in [0.05, 0.1) is 0 Å². The second kappa shape index (κ2) is 6.61. The number of carbonyl (C=O) groups excluding carboxylic acids is 3. The van der Waals surface area contributed by atoms with E-state index in [1.54, 1.807) is 0 Å². The number of hydrogen-bond acceptors (Lipinski definition) is 5. The molecule has 0 bridgehead atoms. The molecule has 7 heteroatoms. The standard InChI is InChI=1S/C10H16N2O4S/c1-11-10(16)7(12-5-13)4-17-6-2-8(14)9(15)3-6/h5-8,14H,2-4H2,1H3,(H,11,16)(H,12,13). The molecule has 1 saturated carbocycles. The van der Waals surface area contributed by atoms with Gasteiger partial charge in [-0.2, -0.15) is 11.8 Å². The van der Waals surface area contributed by atoms with Crippen molar-refractivity contribution in [1.82, 2.24) is 10.6 Å². The minimum Gasteiger partial charge on any atom is -0.385 e. The van der Waals surface area contributed by atoms with E-state index >= 15 is 0 Å². The van der Waals surface area contributed by atoms with Crippen LogP contribution in [-0.2, 0) is 14.4 Å². The van der Waals surface area contributed by atoms with Gasteiger partial charge in [-0.05, 0) is 6.42 Å². The molecule has 2 amide bonds. The van der Waals surface area contributed by atoms with Crippen LogP contribution in [0.15, 0.2) is 0 Å². The number of thioether (sulfide) groups is 1. The van der Waals surface area contributed by atoms with Crippen molar-refractivity contribution in [3.05, 3.63) is 0 Å². The third kappa shape index (κ3) is 4.01. The maximum atomic E-state index is 11.4. The summed E-state index contributed by atoms with van der Waals surface area (Å²) >= 11 is 1.42. The van der Waals surface area contributed by atoms with E-state index in [1.165, 1.54) is 18.8 Å². The van der Waals surface area contributed by atoms with E-state index in [0.717, 1.165) is 0 Å². The number of aliphatic hydroxyl groups is 1. The molecule has 0 radical (unpaired) electrons. The summed E-state index contributed by atoms with van der Waals surface area (Å²) in [6, 6.07) is -0.602. The van der Waals surface area contributed by atoms with Gasteiger partial charge in [-0.1, -0.05) is 0 Å². The minimum atomic E-state index is -0.870. The summed E-state index contributed by atoms with van der Waals surface area (Å²) in [5.41, 5.74) is 0. The molecule has 3 N–H and O–H groups in total. The maximum absolute atomic E-state index is 11.4. The highest BCUT2D eigenvalue weighted by atomic mass is 32.2. The fourth-order valence-corrected chi connectivity index (χ4v) is 2.95. The van der Waals surface area contributed by atoms with E-state index in [9.17, 15) is 19.5 Å². The molecule has 1 rings (SSSR count). The van der Waals surface area contributed by atoms with Gasteiger partial charge in [-0.15, -0.1) is 0 Å². The zero-order chi connectivity index (χ0) is 12.8. The summed E-state index contributed by atoms with van der Waals surface area (Å²) < 4.78 is 0. The first-order valence-corrected chi connectivity index (χ1v) is 6.37.